The van der Waals surface area contributed by atoms with E-state index in [0.717, 1.165) is 68.1 Å². The maximum absolute atomic E-state index is 13.7. The van der Waals surface area contributed by atoms with Crippen LogP contribution in [0.25, 0.3) is 0 Å². The van der Waals surface area contributed by atoms with Crippen molar-refractivity contribution in [1.82, 2.24) is 15.3 Å². The Kier molecular flexibility index (Phi) is 6.45. The summed E-state index contributed by atoms with van der Waals surface area (Å²) in [5.74, 6) is 2.66. The molecule has 3 aliphatic rings. The minimum atomic E-state index is -0.286. The molecule has 2 aromatic carbocycles. The fourth-order valence-corrected chi connectivity index (χ4v) is 6.15. The third-order valence-corrected chi connectivity index (χ3v) is 8.09. The summed E-state index contributed by atoms with van der Waals surface area (Å²) in [7, 11) is 0. The van der Waals surface area contributed by atoms with Gasteiger partial charge in [-0.25, -0.2) is 9.97 Å². The number of carbonyl (C=O) groups excluding carboxylic acids is 1. The molecule has 1 saturated carbocycles. The SMILES string of the molecule is CC1CCCN(c2ncc(C(=O)NCc3ccc4c(c3)OCO4)c(C3(c4ccccc4)CCCC3)n2)C1. The molecule has 37 heavy (non-hydrogen) atoms. The van der Waals surface area contributed by atoms with Gasteiger partial charge in [0.25, 0.3) is 5.91 Å². The Hall–Kier alpha value is -3.61. The lowest BCUT2D eigenvalue weighted by Crippen LogP contribution is -2.37. The largest absolute Gasteiger partial charge is 0.454 e. The second-order valence-electron chi connectivity index (χ2n) is 10.7. The van der Waals surface area contributed by atoms with Gasteiger partial charge in [0.2, 0.25) is 12.7 Å². The molecule has 7 nitrogen and oxygen atoms in total. The highest BCUT2D eigenvalue weighted by molar-refractivity contribution is 5.95. The smallest absolute Gasteiger partial charge is 0.255 e. The summed E-state index contributed by atoms with van der Waals surface area (Å²) < 4.78 is 10.9. The molecule has 0 radical (unpaired) electrons. The number of carbonyl (C=O) groups is 1. The van der Waals surface area contributed by atoms with Gasteiger partial charge >= 0.3 is 0 Å². The zero-order valence-corrected chi connectivity index (χ0v) is 21.4. The molecule has 1 aliphatic carbocycles. The number of hydrogen-bond acceptors (Lipinski definition) is 6. The molecule has 6 rings (SSSR count). The minimum Gasteiger partial charge on any atom is -0.454 e. The first kappa shape index (κ1) is 23.8. The highest BCUT2D eigenvalue weighted by atomic mass is 16.7. The quantitative estimate of drug-likeness (QED) is 0.501. The van der Waals surface area contributed by atoms with Gasteiger partial charge < -0.3 is 19.7 Å². The van der Waals surface area contributed by atoms with Crippen LogP contribution in [0.15, 0.2) is 54.7 Å². The van der Waals surface area contributed by atoms with Crippen LogP contribution in [0.4, 0.5) is 5.95 Å². The second-order valence-corrected chi connectivity index (χ2v) is 10.7. The molecule has 1 saturated heterocycles. The van der Waals surface area contributed by atoms with Crippen LogP contribution in [-0.4, -0.2) is 35.8 Å². The number of aromatic nitrogens is 2. The molecule has 1 amide bonds. The normalized spacial score (nSPS) is 20.1. The molecule has 1 aromatic heterocycles. The Morgan fingerprint density at radius 1 is 1.08 bits per heavy atom. The summed E-state index contributed by atoms with van der Waals surface area (Å²) >= 11 is 0. The Morgan fingerprint density at radius 3 is 2.70 bits per heavy atom. The van der Waals surface area contributed by atoms with Crippen molar-refractivity contribution in [3.8, 4) is 11.5 Å². The number of amides is 1. The van der Waals surface area contributed by atoms with E-state index in [4.69, 9.17) is 19.4 Å². The lowest BCUT2D eigenvalue weighted by Gasteiger charge is -2.34. The topological polar surface area (TPSA) is 76.6 Å². The van der Waals surface area contributed by atoms with Gasteiger partial charge in [0.05, 0.1) is 11.3 Å². The number of rotatable bonds is 6. The highest BCUT2D eigenvalue weighted by Crippen LogP contribution is 2.47. The zero-order valence-electron chi connectivity index (χ0n) is 21.4. The molecule has 3 aromatic rings. The number of fused-ring (bicyclic) bond motifs is 1. The first-order valence-corrected chi connectivity index (χ1v) is 13.5. The van der Waals surface area contributed by atoms with Gasteiger partial charge in [-0.1, -0.05) is 56.2 Å². The van der Waals surface area contributed by atoms with E-state index in [1.165, 1.54) is 12.0 Å². The number of anilines is 1. The van der Waals surface area contributed by atoms with E-state index in [0.29, 0.717) is 23.8 Å². The summed E-state index contributed by atoms with van der Waals surface area (Å²) in [5.41, 5.74) is 3.33. The standard InChI is InChI=1S/C30H34N4O3/c1-21-8-7-15-34(19-21)29-32-18-24(28(35)31-17-22-11-12-25-26(16-22)37-20-36-25)27(33-29)30(13-5-6-14-30)23-9-3-2-4-10-23/h2-4,9-12,16,18,21H,5-8,13-15,17,19-20H2,1H3,(H,31,35). The molecule has 7 heteroatoms. The van der Waals surface area contributed by atoms with Crippen molar-refractivity contribution >= 4 is 11.9 Å². The van der Waals surface area contributed by atoms with Crippen molar-refractivity contribution in [2.24, 2.45) is 5.92 Å². The predicted molar refractivity (Wildman–Crippen MR) is 142 cm³/mol. The first-order valence-electron chi connectivity index (χ1n) is 13.5. The van der Waals surface area contributed by atoms with Crippen LogP contribution >= 0.6 is 0 Å². The maximum atomic E-state index is 13.7. The van der Waals surface area contributed by atoms with E-state index in [-0.39, 0.29) is 18.1 Å². The van der Waals surface area contributed by atoms with Crippen LogP contribution in [0.5, 0.6) is 11.5 Å². The third-order valence-electron chi connectivity index (χ3n) is 8.09. The molecular formula is C30H34N4O3. The monoisotopic (exact) mass is 498 g/mol. The van der Waals surface area contributed by atoms with Crippen molar-refractivity contribution in [2.75, 3.05) is 24.8 Å². The average molecular weight is 499 g/mol. The minimum absolute atomic E-state index is 0.145. The predicted octanol–water partition coefficient (Wildman–Crippen LogP) is 5.23. The van der Waals surface area contributed by atoms with Crippen LogP contribution in [0, 0.1) is 5.92 Å². The summed E-state index contributed by atoms with van der Waals surface area (Å²) in [6.45, 7) is 4.81. The molecule has 2 fully saturated rings. The Bertz CT molecular complexity index is 1270. The molecule has 1 N–H and O–H groups in total. The van der Waals surface area contributed by atoms with Crippen LogP contribution in [0.2, 0.25) is 0 Å². The number of piperidine rings is 1. The second kappa shape index (κ2) is 10.0. The van der Waals surface area contributed by atoms with E-state index in [1.807, 2.05) is 24.3 Å². The molecule has 1 unspecified atom stereocenters. The number of hydrogen-bond donors (Lipinski definition) is 1. The molecule has 0 bridgehead atoms. The van der Waals surface area contributed by atoms with Crippen molar-refractivity contribution in [1.29, 1.82) is 0 Å². The van der Waals surface area contributed by atoms with Crippen molar-refractivity contribution < 1.29 is 14.3 Å². The van der Waals surface area contributed by atoms with E-state index < -0.39 is 0 Å². The summed E-state index contributed by atoms with van der Waals surface area (Å²) in [5, 5.41) is 3.12. The van der Waals surface area contributed by atoms with E-state index in [9.17, 15) is 4.79 Å². The van der Waals surface area contributed by atoms with Gasteiger partial charge in [-0.15, -0.1) is 0 Å². The Morgan fingerprint density at radius 2 is 1.89 bits per heavy atom. The van der Waals surface area contributed by atoms with Crippen molar-refractivity contribution in [2.45, 2.75) is 57.4 Å². The molecule has 192 valence electrons. The third kappa shape index (κ3) is 4.63. The van der Waals surface area contributed by atoms with Crippen LogP contribution in [-0.2, 0) is 12.0 Å². The van der Waals surface area contributed by atoms with Crippen molar-refractivity contribution in [3.63, 3.8) is 0 Å². The Balaban J connectivity index is 1.35. The van der Waals surface area contributed by atoms with Gasteiger partial charge in [-0.2, -0.15) is 0 Å². The number of nitrogens with zero attached hydrogens (tertiary/aromatic N) is 3. The van der Waals surface area contributed by atoms with E-state index in [1.54, 1.807) is 6.20 Å². The van der Waals surface area contributed by atoms with E-state index in [2.05, 4.69) is 41.4 Å². The van der Waals surface area contributed by atoms with Crippen LogP contribution in [0.3, 0.4) is 0 Å². The number of ether oxygens (including phenoxy) is 2. The zero-order chi connectivity index (χ0) is 25.2. The summed E-state index contributed by atoms with van der Waals surface area (Å²) in [4.78, 5) is 25.9. The van der Waals surface area contributed by atoms with Gasteiger partial charge in [0, 0.05) is 31.2 Å². The summed E-state index contributed by atoms with van der Waals surface area (Å²) in [6.07, 6.45) is 8.33. The van der Waals surface area contributed by atoms with Crippen molar-refractivity contribution in [3.05, 3.63) is 77.1 Å². The first-order chi connectivity index (χ1) is 18.1. The van der Waals surface area contributed by atoms with Gasteiger partial charge in [0.15, 0.2) is 11.5 Å². The number of benzene rings is 2. The van der Waals surface area contributed by atoms with Crippen LogP contribution in [0.1, 0.15) is 72.6 Å². The molecule has 0 spiro atoms. The van der Waals surface area contributed by atoms with Crippen LogP contribution < -0.4 is 19.7 Å². The lowest BCUT2D eigenvalue weighted by molar-refractivity contribution is 0.0947. The highest BCUT2D eigenvalue weighted by Gasteiger charge is 2.42. The van der Waals surface area contributed by atoms with Gasteiger partial charge in [0.1, 0.15) is 0 Å². The Labute approximate surface area is 218 Å². The fraction of sp³-hybridized carbons (Fsp3) is 0.433. The lowest BCUT2D eigenvalue weighted by atomic mass is 9.74. The van der Waals surface area contributed by atoms with E-state index >= 15 is 0 Å². The molecule has 3 heterocycles. The number of nitrogens with one attached hydrogen (secondary N) is 1. The van der Waals surface area contributed by atoms with Gasteiger partial charge in [-0.3, -0.25) is 4.79 Å². The maximum Gasteiger partial charge on any atom is 0.255 e. The molecule has 1 atom stereocenters. The molecule has 2 aliphatic heterocycles. The molecular weight excluding hydrogens is 464 g/mol. The van der Waals surface area contributed by atoms with Gasteiger partial charge in [-0.05, 0) is 54.9 Å². The summed E-state index contributed by atoms with van der Waals surface area (Å²) in [6, 6.07) is 16.3. The fourth-order valence-electron chi connectivity index (χ4n) is 6.15. The average Bonchev–Trinajstić information content (AvgIpc) is 3.62.